The minimum absolute atomic E-state index is 0.104. The summed E-state index contributed by atoms with van der Waals surface area (Å²) in [6, 6.07) is 5.67. The first-order valence-electron chi connectivity index (χ1n) is 6.77. The van der Waals surface area contributed by atoms with Gasteiger partial charge in [0, 0.05) is 0 Å². The van der Waals surface area contributed by atoms with Crippen LogP contribution in [0.2, 0.25) is 0 Å². The molecule has 1 atom stereocenters. The van der Waals surface area contributed by atoms with Gasteiger partial charge in [-0.15, -0.1) is 0 Å². The predicted molar refractivity (Wildman–Crippen MR) is 70.7 cm³/mol. The first-order valence-corrected chi connectivity index (χ1v) is 6.77. The van der Waals surface area contributed by atoms with Crippen molar-refractivity contribution in [1.29, 1.82) is 0 Å². The number of hydrogen-bond acceptors (Lipinski definition) is 1. The molecule has 0 amide bonds. The van der Waals surface area contributed by atoms with Crippen LogP contribution in [-0.4, -0.2) is 23.1 Å². The third-order valence-corrected chi connectivity index (χ3v) is 3.54. The Balaban J connectivity index is 3.26. The summed E-state index contributed by atoms with van der Waals surface area (Å²) in [6.45, 7) is 4.16. The fraction of sp³-hybridized carbons (Fsp3) is 0.600. The molecule has 0 aliphatic rings. The Morgan fingerprint density at radius 1 is 0.957 bits per heavy atom. The molecule has 0 radical (unpaired) electrons. The van der Waals surface area contributed by atoms with Crippen molar-refractivity contribution in [3.8, 4) is 0 Å². The van der Waals surface area contributed by atoms with Gasteiger partial charge in [-0.3, -0.25) is 0 Å². The molecule has 1 N–H and O–H groups in total. The van der Waals surface area contributed by atoms with Crippen molar-refractivity contribution in [2.45, 2.75) is 56.7 Å². The average Bonchev–Trinajstić information content (AvgIpc) is 2.35. The summed E-state index contributed by atoms with van der Waals surface area (Å²) in [4.78, 5) is 0. The normalized spacial score (nSPS) is 16.5. The van der Waals surface area contributed by atoms with E-state index in [4.69, 9.17) is 0 Å². The summed E-state index contributed by atoms with van der Waals surface area (Å²) in [5.41, 5.74) is -2.27. The molecule has 0 aliphatic heterocycles. The molecule has 1 unspecified atom stereocenters. The Kier molecular flexibility index (Phi) is 5.11. The molecule has 1 aromatic carbocycles. The van der Waals surface area contributed by atoms with Crippen LogP contribution in [0.3, 0.4) is 0 Å². The second-order valence-corrected chi connectivity index (χ2v) is 5.97. The highest BCUT2D eigenvalue weighted by molar-refractivity contribution is 5.34. The third-order valence-electron chi connectivity index (χ3n) is 3.54. The van der Waals surface area contributed by atoms with Gasteiger partial charge in [-0.05, 0) is 24.0 Å². The van der Waals surface area contributed by atoms with Gasteiger partial charge in [0.1, 0.15) is 0 Å². The molecule has 1 aromatic rings. The zero-order valence-electron chi connectivity index (χ0n) is 12.7. The standard InChI is InChI=1S/C15H17F7O/c1-9(2)10-6-4-5-7-11(10)12(3,23)8-13(16,17)14(18,19)15(20,21)22/h4-7,9,23H,8H2,1-3H3. The van der Waals surface area contributed by atoms with Crippen LogP contribution < -0.4 is 0 Å². The van der Waals surface area contributed by atoms with Crippen LogP contribution in [0, 0.1) is 0 Å². The minimum atomic E-state index is -6.41. The molecule has 23 heavy (non-hydrogen) atoms. The lowest BCUT2D eigenvalue weighted by molar-refractivity contribution is -0.361. The smallest absolute Gasteiger partial charge is 0.385 e. The SMILES string of the molecule is CC(C)c1ccccc1C(C)(O)CC(F)(F)C(F)(F)C(F)(F)F. The molecule has 8 heteroatoms. The average molecular weight is 346 g/mol. The highest BCUT2D eigenvalue weighted by atomic mass is 19.4. The van der Waals surface area contributed by atoms with E-state index in [1.54, 1.807) is 19.9 Å². The van der Waals surface area contributed by atoms with Crippen LogP contribution in [0.1, 0.15) is 44.2 Å². The quantitative estimate of drug-likeness (QED) is 0.723. The van der Waals surface area contributed by atoms with Crippen molar-refractivity contribution in [3.05, 3.63) is 35.4 Å². The van der Waals surface area contributed by atoms with E-state index in [0.717, 1.165) is 6.92 Å². The highest BCUT2D eigenvalue weighted by Gasteiger charge is 2.73. The molecule has 0 saturated carbocycles. The van der Waals surface area contributed by atoms with Crippen molar-refractivity contribution < 1.29 is 35.8 Å². The van der Waals surface area contributed by atoms with Crippen LogP contribution in [0.15, 0.2) is 24.3 Å². The van der Waals surface area contributed by atoms with Crippen LogP contribution in [0.25, 0.3) is 0 Å². The lowest BCUT2D eigenvalue weighted by Gasteiger charge is -2.35. The monoisotopic (exact) mass is 346 g/mol. The lowest BCUT2D eigenvalue weighted by Crippen LogP contribution is -2.54. The number of aliphatic hydroxyl groups is 1. The number of halogens is 7. The van der Waals surface area contributed by atoms with Crippen molar-refractivity contribution >= 4 is 0 Å². The molecule has 0 saturated heterocycles. The maximum Gasteiger partial charge on any atom is 0.459 e. The molecule has 0 bridgehead atoms. The van der Waals surface area contributed by atoms with Crippen molar-refractivity contribution in [2.75, 3.05) is 0 Å². The summed E-state index contributed by atoms with van der Waals surface area (Å²) in [5.74, 6) is -11.9. The van der Waals surface area contributed by atoms with Gasteiger partial charge in [-0.2, -0.15) is 30.7 Å². The molecule has 132 valence electrons. The molecular formula is C15H17F7O. The van der Waals surface area contributed by atoms with Crippen LogP contribution in [0.4, 0.5) is 30.7 Å². The lowest BCUT2D eigenvalue weighted by atomic mass is 9.82. The van der Waals surface area contributed by atoms with E-state index in [-0.39, 0.29) is 11.5 Å². The van der Waals surface area contributed by atoms with Gasteiger partial charge in [0.2, 0.25) is 0 Å². The Bertz CT molecular complexity index is 547. The van der Waals surface area contributed by atoms with Gasteiger partial charge in [0.05, 0.1) is 12.0 Å². The van der Waals surface area contributed by atoms with E-state index >= 15 is 0 Å². The van der Waals surface area contributed by atoms with E-state index < -0.39 is 30.0 Å². The van der Waals surface area contributed by atoms with E-state index in [1.165, 1.54) is 18.2 Å². The molecule has 0 spiro atoms. The molecule has 0 aliphatic carbocycles. The number of hydrogen-bond donors (Lipinski definition) is 1. The molecule has 0 aromatic heterocycles. The molecule has 0 fully saturated rings. The number of alkyl halides is 7. The van der Waals surface area contributed by atoms with Gasteiger partial charge in [0.15, 0.2) is 0 Å². The molecule has 1 rings (SSSR count). The van der Waals surface area contributed by atoms with Gasteiger partial charge in [0.25, 0.3) is 0 Å². The molecular weight excluding hydrogens is 329 g/mol. The van der Waals surface area contributed by atoms with Crippen molar-refractivity contribution in [3.63, 3.8) is 0 Å². The Morgan fingerprint density at radius 2 is 1.43 bits per heavy atom. The summed E-state index contributed by atoms with van der Waals surface area (Å²) in [6.07, 6.45) is -8.47. The largest absolute Gasteiger partial charge is 0.459 e. The van der Waals surface area contributed by atoms with Crippen LogP contribution in [0.5, 0.6) is 0 Å². The van der Waals surface area contributed by atoms with Crippen LogP contribution >= 0.6 is 0 Å². The number of benzene rings is 1. The topological polar surface area (TPSA) is 20.2 Å². The maximum absolute atomic E-state index is 13.6. The summed E-state index contributed by atoms with van der Waals surface area (Å²) < 4.78 is 89.8. The van der Waals surface area contributed by atoms with E-state index in [2.05, 4.69) is 0 Å². The van der Waals surface area contributed by atoms with Gasteiger partial charge >= 0.3 is 18.0 Å². The Hall–Kier alpha value is -1.31. The summed E-state index contributed by atoms with van der Waals surface area (Å²) in [5, 5.41) is 10.2. The maximum atomic E-state index is 13.6. The Labute approximate surface area is 129 Å². The zero-order chi connectivity index (χ0) is 18.3. The Morgan fingerprint density at radius 3 is 1.87 bits per heavy atom. The van der Waals surface area contributed by atoms with Gasteiger partial charge < -0.3 is 5.11 Å². The molecule has 0 heterocycles. The van der Waals surface area contributed by atoms with Crippen LogP contribution in [-0.2, 0) is 5.60 Å². The van der Waals surface area contributed by atoms with E-state index in [9.17, 15) is 35.8 Å². The van der Waals surface area contributed by atoms with E-state index in [1.807, 2.05) is 0 Å². The summed E-state index contributed by atoms with van der Waals surface area (Å²) >= 11 is 0. The second kappa shape index (κ2) is 5.96. The fourth-order valence-corrected chi connectivity index (χ4v) is 2.34. The first-order chi connectivity index (χ1) is 10.1. The number of rotatable bonds is 5. The first kappa shape index (κ1) is 19.7. The zero-order valence-corrected chi connectivity index (χ0v) is 12.7. The van der Waals surface area contributed by atoms with Gasteiger partial charge in [-0.1, -0.05) is 38.1 Å². The highest BCUT2D eigenvalue weighted by Crippen LogP contribution is 2.51. The summed E-state index contributed by atoms with van der Waals surface area (Å²) in [7, 11) is 0. The van der Waals surface area contributed by atoms with E-state index in [0.29, 0.717) is 5.56 Å². The van der Waals surface area contributed by atoms with Crippen molar-refractivity contribution in [1.82, 2.24) is 0 Å². The second-order valence-electron chi connectivity index (χ2n) is 5.97. The third kappa shape index (κ3) is 3.79. The fourth-order valence-electron chi connectivity index (χ4n) is 2.34. The van der Waals surface area contributed by atoms with Gasteiger partial charge in [-0.25, -0.2) is 0 Å². The minimum Gasteiger partial charge on any atom is -0.385 e. The predicted octanol–water partition coefficient (Wildman–Crippen LogP) is 5.24. The molecule has 1 nitrogen and oxygen atoms in total. The van der Waals surface area contributed by atoms with Crippen molar-refractivity contribution in [2.24, 2.45) is 0 Å².